The third-order valence-electron chi connectivity index (χ3n) is 0.883. The highest BCUT2D eigenvalue weighted by molar-refractivity contribution is 4.79. The van der Waals surface area contributed by atoms with E-state index in [1.165, 1.54) is 6.20 Å². The molecule has 3 nitrogen and oxygen atoms in total. The smallest absolute Gasteiger partial charge is 0.201 e. The third kappa shape index (κ3) is 5.18. The van der Waals surface area contributed by atoms with Crippen LogP contribution in [0.2, 0.25) is 0 Å². The molecule has 0 aliphatic carbocycles. The summed E-state index contributed by atoms with van der Waals surface area (Å²) in [5.41, 5.74) is 0. The maximum absolute atomic E-state index is 8.93. The van der Waals surface area contributed by atoms with Gasteiger partial charge >= 0.3 is 0 Å². The highest BCUT2D eigenvalue weighted by Crippen LogP contribution is 1.76. The van der Waals surface area contributed by atoms with Gasteiger partial charge in [0.25, 0.3) is 0 Å². The summed E-state index contributed by atoms with van der Waals surface area (Å²) < 4.78 is 0. The highest BCUT2D eigenvalue weighted by Gasteiger charge is 1.90. The van der Waals surface area contributed by atoms with Crippen molar-refractivity contribution in [3.8, 4) is 0 Å². The fraction of sp³-hybridized carbons (Fsp3) is 0.429. The minimum Gasteiger partial charge on any atom is -0.357 e. The lowest BCUT2D eigenvalue weighted by Crippen LogP contribution is -2.35. The van der Waals surface area contributed by atoms with Crippen molar-refractivity contribution in [1.29, 1.82) is 0 Å². The summed E-state index contributed by atoms with van der Waals surface area (Å²) >= 11 is 0. The number of hydrogen-bond donors (Lipinski definition) is 3. The molecule has 0 rings (SSSR count). The van der Waals surface area contributed by atoms with Crippen LogP contribution in [0.25, 0.3) is 0 Å². The fourth-order valence-electron chi connectivity index (χ4n) is 0.437. The topological polar surface area (TPSA) is 44.3 Å². The van der Waals surface area contributed by atoms with Crippen molar-refractivity contribution >= 4 is 0 Å². The molecule has 0 fully saturated rings. The summed E-state index contributed by atoms with van der Waals surface area (Å²) in [6, 6.07) is 0. The van der Waals surface area contributed by atoms with E-state index in [0.717, 1.165) is 6.42 Å². The maximum atomic E-state index is 8.93. The Kier molecular flexibility index (Phi) is 5.57. The molecular weight excluding hydrogens is 128 g/mol. The summed E-state index contributed by atoms with van der Waals surface area (Å²) in [7, 11) is 0. The van der Waals surface area contributed by atoms with Crippen molar-refractivity contribution < 1.29 is 5.11 Å². The van der Waals surface area contributed by atoms with Crippen LogP contribution in [0, 0.1) is 0 Å². The first-order valence-electron chi connectivity index (χ1n) is 3.27. The molecule has 0 aliphatic heterocycles. The molecule has 0 radical (unpaired) electrons. The Labute approximate surface area is 61.4 Å². The van der Waals surface area contributed by atoms with Crippen LogP contribution in [0.1, 0.15) is 13.3 Å². The number of allylic oxidation sites excluding steroid dienone is 1. The zero-order chi connectivity index (χ0) is 7.82. The van der Waals surface area contributed by atoms with E-state index in [1.54, 1.807) is 6.20 Å². The molecule has 0 aliphatic rings. The summed E-state index contributed by atoms with van der Waals surface area (Å²) in [5.74, 6) is 0. The van der Waals surface area contributed by atoms with Crippen molar-refractivity contribution in [3.63, 3.8) is 0 Å². The van der Waals surface area contributed by atoms with Crippen molar-refractivity contribution in [2.45, 2.75) is 19.7 Å². The van der Waals surface area contributed by atoms with E-state index in [2.05, 4.69) is 17.2 Å². The van der Waals surface area contributed by atoms with Crippen LogP contribution >= 0.6 is 0 Å². The van der Waals surface area contributed by atoms with Crippen molar-refractivity contribution in [3.05, 3.63) is 25.1 Å². The zero-order valence-corrected chi connectivity index (χ0v) is 6.17. The molecule has 0 amide bonds. The Hall–Kier alpha value is -0.960. The van der Waals surface area contributed by atoms with Gasteiger partial charge < -0.3 is 15.7 Å². The molecule has 0 heterocycles. The lowest BCUT2D eigenvalue weighted by atomic mass is 10.5. The monoisotopic (exact) mass is 142 g/mol. The van der Waals surface area contributed by atoms with Crippen LogP contribution in [0.5, 0.6) is 0 Å². The molecule has 3 N–H and O–H groups in total. The van der Waals surface area contributed by atoms with Gasteiger partial charge in [0.2, 0.25) is 6.35 Å². The molecule has 1 atom stereocenters. The standard InChI is InChI=1S/C7H14N2O/c1-3-5-6-9-7(10)8-4-2/h4-10H,2-3H2,1H3/b6-5-. The number of rotatable bonds is 5. The van der Waals surface area contributed by atoms with Crippen molar-refractivity contribution in [1.82, 2.24) is 10.6 Å². The van der Waals surface area contributed by atoms with Crippen molar-refractivity contribution in [2.24, 2.45) is 0 Å². The second-order valence-corrected chi connectivity index (χ2v) is 1.75. The number of hydrogen-bond acceptors (Lipinski definition) is 3. The second kappa shape index (κ2) is 6.16. The van der Waals surface area contributed by atoms with Gasteiger partial charge in [0.1, 0.15) is 0 Å². The zero-order valence-electron chi connectivity index (χ0n) is 6.17. The Bertz CT molecular complexity index is 112. The average Bonchev–Trinajstić information content (AvgIpc) is 1.89. The molecule has 10 heavy (non-hydrogen) atoms. The molecule has 58 valence electrons. The first-order valence-corrected chi connectivity index (χ1v) is 3.27. The van der Waals surface area contributed by atoms with Gasteiger partial charge in [-0.05, 0) is 18.8 Å². The highest BCUT2D eigenvalue weighted by atomic mass is 16.3. The summed E-state index contributed by atoms with van der Waals surface area (Å²) in [4.78, 5) is 0. The first kappa shape index (κ1) is 9.04. The SMILES string of the molecule is C=CNC(O)N/C=C\CC. The van der Waals surface area contributed by atoms with Gasteiger partial charge in [-0.1, -0.05) is 19.6 Å². The molecular formula is C7H14N2O. The summed E-state index contributed by atoms with van der Waals surface area (Å²) in [5, 5.41) is 14.2. The van der Waals surface area contributed by atoms with Gasteiger partial charge in [-0.15, -0.1) is 0 Å². The van der Waals surface area contributed by atoms with Crippen LogP contribution in [-0.2, 0) is 0 Å². The van der Waals surface area contributed by atoms with Crippen molar-refractivity contribution in [2.75, 3.05) is 0 Å². The van der Waals surface area contributed by atoms with E-state index in [1.807, 2.05) is 13.0 Å². The molecule has 0 saturated carbocycles. The summed E-state index contributed by atoms with van der Waals surface area (Å²) in [6.07, 6.45) is 5.25. The first-order chi connectivity index (χ1) is 4.81. The third-order valence-corrected chi connectivity index (χ3v) is 0.883. The predicted molar refractivity (Wildman–Crippen MR) is 41.9 cm³/mol. The fourth-order valence-corrected chi connectivity index (χ4v) is 0.437. The van der Waals surface area contributed by atoms with Gasteiger partial charge in [-0.25, -0.2) is 0 Å². The van der Waals surface area contributed by atoms with Crippen LogP contribution in [0.3, 0.4) is 0 Å². The van der Waals surface area contributed by atoms with E-state index in [-0.39, 0.29) is 0 Å². The lowest BCUT2D eigenvalue weighted by Gasteiger charge is -2.08. The van der Waals surface area contributed by atoms with E-state index in [0.29, 0.717) is 0 Å². The number of aliphatic hydroxyl groups is 1. The molecule has 3 heteroatoms. The normalized spacial score (nSPS) is 13.0. The Morgan fingerprint density at radius 1 is 1.60 bits per heavy atom. The van der Waals surface area contributed by atoms with E-state index in [4.69, 9.17) is 5.11 Å². The van der Waals surface area contributed by atoms with E-state index >= 15 is 0 Å². The molecule has 0 aromatic rings. The average molecular weight is 142 g/mol. The molecule has 0 bridgehead atoms. The minimum atomic E-state index is -0.736. The minimum absolute atomic E-state index is 0.736. The van der Waals surface area contributed by atoms with Crippen LogP contribution in [0.15, 0.2) is 25.1 Å². The van der Waals surface area contributed by atoms with Gasteiger partial charge in [0.05, 0.1) is 0 Å². The predicted octanol–water partition coefficient (Wildman–Crippen LogP) is 0.509. The van der Waals surface area contributed by atoms with Crippen LogP contribution in [-0.4, -0.2) is 11.5 Å². The van der Waals surface area contributed by atoms with E-state index < -0.39 is 6.35 Å². The molecule has 0 saturated heterocycles. The quantitative estimate of drug-likeness (QED) is 0.490. The Balaban J connectivity index is 3.28. The molecule has 0 aromatic carbocycles. The molecule has 0 aromatic heterocycles. The Morgan fingerprint density at radius 3 is 2.80 bits per heavy atom. The van der Waals surface area contributed by atoms with Gasteiger partial charge in [0.15, 0.2) is 0 Å². The van der Waals surface area contributed by atoms with E-state index in [9.17, 15) is 0 Å². The van der Waals surface area contributed by atoms with Gasteiger partial charge in [0, 0.05) is 0 Å². The number of nitrogens with one attached hydrogen (secondary N) is 2. The Morgan fingerprint density at radius 2 is 2.30 bits per heavy atom. The van der Waals surface area contributed by atoms with Gasteiger partial charge in [-0.3, -0.25) is 0 Å². The van der Waals surface area contributed by atoms with Crippen LogP contribution < -0.4 is 10.6 Å². The number of aliphatic hydroxyl groups excluding tert-OH is 1. The second-order valence-electron chi connectivity index (χ2n) is 1.75. The molecule has 1 unspecified atom stereocenters. The van der Waals surface area contributed by atoms with Gasteiger partial charge in [-0.2, -0.15) is 0 Å². The van der Waals surface area contributed by atoms with Crippen LogP contribution in [0.4, 0.5) is 0 Å². The lowest BCUT2D eigenvalue weighted by molar-refractivity contribution is 0.132. The largest absolute Gasteiger partial charge is 0.357 e. The maximum Gasteiger partial charge on any atom is 0.201 e. The summed E-state index contributed by atoms with van der Waals surface area (Å²) in [6.45, 7) is 5.41. The molecule has 0 spiro atoms.